The number of nitrogens with zero attached hydrogens (tertiary/aromatic N) is 2. The molecule has 5 aromatic rings. The number of anilines is 1. The van der Waals surface area contributed by atoms with Gasteiger partial charge in [-0.25, -0.2) is 8.42 Å². The quantitative estimate of drug-likeness (QED) is 0.120. The molecule has 2 amide bonds. The van der Waals surface area contributed by atoms with Crippen LogP contribution < -0.4 is 14.4 Å². The SMILES string of the molecule is CC[C@H](C)NC(=O)[C@H](Cc1ccccc1)N(Cc1ccccc1C)C(=O)CN(c1ccc(Oc2ccccc2)cc1)S(=O)(=O)c1ccc(C)cc1. The molecule has 0 saturated carbocycles. The molecule has 0 unspecified atom stereocenters. The van der Waals surface area contributed by atoms with Gasteiger partial charge in [-0.05, 0) is 92.4 Å². The predicted octanol–water partition coefficient (Wildman–Crippen LogP) is 7.85. The van der Waals surface area contributed by atoms with Crippen LogP contribution in [0.4, 0.5) is 5.69 Å². The summed E-state index contributed by atoms with van der Waals surface area (Å²) in [5.74, 6) is 0.329. The monoisotopic (exact) mass is 703 g/mol. The fourth-order valence-electron chi connectivity index (χ4n) is 5.64. The molecule has 0 aromatic heterocycles. The van der Waals surface area contributed by atoms with Gasteiger partial charge in [0.1, 0.15) is 24.1 Å². The van der Waals surface area contributed by atoms with Gasteiger partial charge in [-0.3, -0.25) is 13.9 Å². The van der Waals surface area contributed by atoms with Crippen LogP contribution in [0.2, 0.25) is 0 Å². The van der Waals surface area contributed by atoms with Crippen molar-refractivity contribution in [2.75, 3.05) is 10.8 Å². The number of hydrogen-bond acceptors (Lipinski definition) is 5. The first-order chi connectivity index (χ1) is 24.5. The second-order valence-corrected chi connectivity index (χ2v) is 14.6. The van der Waals surface area contributed by atoms with Crippen molar-refractivity contribution in [2.45, 2.75) is 64.1 Å². The molecule has 0 radical (unpaired) electrons. The van der Waals surface area contributed by atoms with Crippen molar-refractivity contribution < 1.29 is 22.7 Å². The molecule has 0 heterocycles. The molecular formula is C42H45N3O5S. The minimum Gasteiger partial charge on any atom is -0.457 e. The van der Waals surface area contributed by atoms with Gasteiger partial charge in [0, 0.05) is 19.0 Å². The molecule has 2 atom stereocenters. The van der Waals surface area contributed by atoms with Crippen LogP contribution >= 0.6 is 0 Å². The first-order valence-electron chi connectivity index (χ1n) is 17.2. The zero-order valence-electron chi connectivity index (χ0n) is 29.5. The number of benzene rings is 5. The Bertz CT molecular complexity index is 2000. The molecule has 9 heteroatoms. The van der Waals surface area contributed by atoms with E-state index < -0.39 is 28.5 Å². The molecule has 0 bridgehead atoms. The molecule has 5 rings (SSSR count). The fourth-order valence-corrected chi connectivity index (χ4v) is 7.05. The van der Waals surface area contributed by atoms with Crippen LogP contribution in [0.1, 0.15) is 42.5 Å². The average molecular weight is 704 g/mol. The first kappa shape index (κ1) is 36.9. The van der Waals surface area contributed by atoms with Gasteiger partial charge in [0.2, 0.25) is 11.8 Å². The lowest BCUT2D eigenvalue weighted by Gasteiger charge is -2.34. The number of sulfonamides is 1. The van der Waals surface area contributed by atoms with Crippen molar-refractivity contribution in [1.82, 2.24) is 10.2 Å². The Morgan fingerprint density at radius 1 is 0.745 bits per heavy atom. The highest BCUT2D eigenvalue weighted by Gasteiger charge is 2.35. The Labute approximate surface area is 301 Å². The Hall–Kier alpha value is -5.41. The summed E-state index contributed by atoms with van der Waals surface area (Å²) < 4.78 is 35.9. The number of carbonyl (C=O) groups excluding carboxylic acids is 2. The number of ether oxygens (including phenoxy) is 1. The molecule has 0 aliphatic carbocycles. The first-order valence-corrected chi connectivity index (χ1v) is 18.6. The third-order valence-corrected chi connectivity index (χ3v) is 10.7. The minimum atomic E-state index is -4.24. The van der Waals surface area contributed by atoms with Crippen molar-refractivity contribution in [1.29, 1.82) is 0 Å². The number of amides is 2. The zero-order valence-corrected chi connectivity index (χ0v) is 30.3. The van der Waals surface area contributed by atoms with Gasteiger partial charge in [-0.1, -0.05) is 97.4 Å². The standard InChI is InChI=1S/C42H45N3O5S/c1-5-33(4)43-42(47)40(28-34-15-8-6-9-16-34)44(29-35-17-13-12-14-32(35)3)41(46)30-45(51(48,49)39-26-20-31(2)21-27-39)36-22-24-38(25-23-36)50-37-18-10-7-11-19-37/h6-27,33,40H,5,28-30H2,1-4H3,(H,43,47)/t33-,40-/m0/s1. The molecular weight excluding hydrogens is 659 g/mol. The number of hydrogen-bond donors (Lipinski definition) is 1. The van der Waals surface area contributed by atoms with Crippen molar-refractivity contribution in [3.8, 4) is 11.5 Å². The van der Waals surface area contributed by atoms with Crippen molar-refractivity contribution >= 4 is 27.5 Å². The highest BCUT2D eigenvalue weighted by molar-refractivity contribution is 7.92. The third kappa shape index (κ3) is 9.64. The maximum absolute atomic E-state index is 14.8. The van der Waals surface area contributed by atoms with E-state index in [0.717, 1.165) is 26.6 Å². The average Bonchev–Trinajstić information content (AvgIpc) is 3.14. The summed E-state index contributed by atoms with van der Waals surface area (Å²) in [5, 5.41) is 3.08. The van der Waals surface area contributed by atoms with E-state index >= 15 is 0 Å². The van der Waals surface area contributed by atoms with Gasteiger partial charge < -0.3 is 15.0 Å². The molecule has 0 spiro atoms. The maximum Gasteiger partial charge on any atom is 0.264 e. The Morgan fingerprint density at radius 2 is 1.33 bits per heavy atom. The van der Waals surface area contributed by atoms with Crippen LogP contribution in [0, 0.1) is 13.8 Å². The number of rotatable bonds is 15. The molecule has 51 heavy (non-hydrogen) atoms. The van der Waals surface area contributed by atoms with E-state index in [9.17, 15) is 18.0 Å². The number of para-hydroxylation sites is 1. The van der Waals surface area contributed by atoms with E-state index in [1.54, 1.807) is 36.4 Å². The normalized spacial score (nSPS) is 12.4. The summed E-state index contributed by atoms with van der Waals surface area (Å²) in [5.41, 5.74) is 3.87. The summed E-state index contributed by atoms with van der Waals surface area (Å²) >= 11 is 0. The van der Waals surface area contributed by atoms with Gasteiger partial charge >= 0.3 is 0 Å². The third-order valence-electron chi connectivity index (χ3n) is 8.87. The van der Waals surface area contributed by atoms with Crippen LogP contribution in [-0.4, -0.2) is 43.8 Å². The lowest BCUT2D eigenvalue weighted by molar-refractivity contribution is -0.140. The van der Waals surface area contributed by atoms with Crippen LogP contribution in [0.15, 0.2) is 138 Å². The van der Waals surface area contributed by atoms with Crippen molar-refractivity contribution in [3.05, 3.63) is 156 Å². The van der Waals surface area contributed by atoms with E-state index in [1.807, 2.05) is 113 Å². The second-order valence-electron chi connectivity index (χ2n) is 12.7. The Morgan fingerprint density at radius 3 is 1.96 bits per heavy atom. The summed E-state index contributed by atoms with van der Waals surface area (Å²) in [6.07, 6.45) is 0.957. The molecule has 5 aromatic carbocycles. The van der Waals surface area contributed by atoms with Gasteiger partial charge in [-0.15, -0.1) is 0 Å². The van der Waals surface area contributed by atoms with Crippen LogP contribution in [0.5, 0.6) is 11.5 Å². The smallest absolute Gasteiger partial charge is 0.264 e. The van der Waals surface area contributed by atoms with E-state index in [-0.39, 0.29) is 35.5 Å². The van der Waals surface area contributed by atoms with Crippen molar-refractivity contribution in [2.24, 2.45) is 0 Å². The number of nitrogens with one attached hydrogen (secondary N) is 1. The molecule has 0 saturated heterocycles. The molecule has 0 aliphatic rings. The summed E-state index contributed by atoms with van der Waals surface area (Å²) in [4.78, 5) is 30.4. The van der Waals surface area contributed by atoms with Gasteiger partial charge in [0.25, 0.3) is 10.0 Å². The highest BCUT2D eigenvalue weighted by atomic mass is 32.2. The molecule has 8 nitrogen and oxygen atoms in total. The second kappa shape index (κ2) is 17.0. The lowest BCUT2D eigenvalue weighted by Crippen LogP contribution is -2.54. The van der Waals surface area contributed by atoms with Crippen LogP contribution in [0.25, 0.3) is 0 Å². The van der Waals surface area contributed by atoms with Gasteiger partial charge in [0.05, 0.1) is 10.6 Å². The Balaban J connectivity index is 1.57. The summed E-state index contributed by atoms with van der Waals surface area (Å²) in [6, 6.07) is 38.6. The van der Waals surface area contributed by atoms with Crippen LogP contribution in [-0.2, 0) is 32.6 Å². The van der Waals surface area contributed by atoms with Gasteiger partial charge in [-0.2, -0.15) is 0 Å². The summed E-state index contributed by atoms with van der Waals surface area (Å²) in [6.45, 7) is 7.31. The minimum absolute atomic E-state index is 0.0475. The molecule has 264 valence electrons. The number of aryl methyl sites for hydroxylation is 2. The van der Waals surface area contributed by atoms with E-state index in [2.05, 4.69) is 5.32 Å². The molecule has 0 aliphatic heterocycles. The van der Waals surface area contributed by atoms with E-state index in [1.165, 1.54) is 17.0 Å². The fraction of sp³-hybridized carbons (Fsp3) is 0.238. The number of carbonyl (C=O) groups is 2. The summed E-state index contributed by atoms with van der Waals surface area (Å²) in [7, 11) is -4.24. The van der Waals surface area contributed by atoms with Crippen molar-refractivity contribution in [3.63, 3.8) is 0 Å². The lowest BCUT2D eigenvalue weighted by atomic mass is 10.0. The predicted molar refractivity (Wildman–Crippen MR) is 202 cm³/mol. The van der Waals surface area contributed by atoms with E-state index in [0.29, 0.717) is 17.9 Å². The topological polar surface area (TPSA) is 96.0 Å². The largest absolute Gasteiger partial charge is 0.457 e. The van der Waals surface area contributed by atoms with Crippen LogP contribution in [0.3, 0.4) is 0 Å². The molecule has 1 N–H and O–H groups in total. The molecule has 0 fully saturated rings. The van der Waals surface area contributed by atoms with Gasteiger partial charge in [0.15, 0.2) is 0 Å². The zero-order chi connectivity index (χ0) is 36.4. The highest BCUT2D eigenvalue weighted by Crippen LogP contribution is 2.29. The van der Waals surface area contributed by atoms with E-state index in [4.69, 9.17) is 4.74 Å². The Kier molecular flexibility index (Phi) is 12.3. The maximum atomic E-state index is 14.8.